The highest BCUT2D eigenvalue weighted by Crippen LogP contribution is 2.34. The third-order valence-electron chi connectivity index (χ3n) is 8.78. The number of carbonyl (C=O) groups excluding carboxylic acids is 3. The second-order valence-corrected chi connectivity index (χ2v) is 15.2. The molecule has 21 heteroatoms. The molecular weight excluding hydrogens is 787 g/mol. The van der Waals surface area contributed by atoms with Gasteiger partial charge in [-0.1, -0.05) is 12.1 Å². The largest absolute Gasteiger partial charge is 0.506 e. The van der Waals surface area contributed by atoms with Gasteiger partial charge in [-0.3, -0.25) is 43.3 Å². The molecule has 0 aliphatic heterocycles. The van der Waals surface area contributed by atoms with E-state index in [0.717, 1.165) is 12.1 Å². The van der Waals surface area contributed by atoms with Gasteiger partial charge < -0.3 is 31.3 Å². The van der Waals surface area contributed by atoms with Crippen molar-refractivity contribution in [3.05, 3.63) is 95.9 Å². The molecule has 3 aromatic heterocycles. The summed E-state index contributed by atoms with van der Waals surface area (Å²) in [5, 5.41) is 39.6. The summed E-state index contributed by atoms with van der Waals surface area (Å²) in [4.78, 5) is 51.7. The van der Waals surface area contributed by atoms with E-state index >= 15 is 0 Å². The van der Waals surface area contributed by atoms with Gasteiger partial charge in [0.05, 0.1) is 16.7 Å². The molecule has 57 heavy (non-hydrogen) atoms. The lowest BCUT2D eigenvalue weighted by molar-refractivity contribution is 0.0944. The summed E-state index contributed by atoms with van der Waals surface area (Å²) in [6, 6.07) is 13.4. The molecule has 0 radical (unpaired) electrons. The molecule has 3 amide bonds. The van der Waals surface area contributed by atoms with Crippen LogP contribution in [0.2, 0.25) is 0 Å². The first-order valence-corrected chi connectivity index (χ1v) is 19.7. The molecule has 0 saturated heterocycles. The van der Waals surface area contributed by atoms with Crippen LogP contribution < -0.4 is 16.0 Å². The van der Waals surface area contributed by atoms with Crippen molar-refractivity contribution in [1.29, 1.82) is 0 Å². The highest BCUT2D eigenvalue weighted by atomic mass is 32.2. The Morgan fingerprint density at radius 3 is 1.40 bits per heavy atom. The van der Waals surface area contributed by atoms with E-state index in [9.17, 15) is 55.6 Å². The maximum atomic E-state index is 13.3. The third-order valence-corrected chi connectivity index (χ3v) is 10.7. The van der Waals surface area contributed by atoms with Crippen LogP contribution in [0.5, 0.6) is 17.2 Å². The van der Waals surface area contributed by atoms with Crippen molar-refractivity contribution in [2.24, 2.45) is 0 Å². The Bertz CT molecular complexity index is 2660. The van der Waals surface area contributed by atoms with E-state index < -0.39 is 70.4 Å². The number of benzene rings is 3. The molecule has 0 fully saturated rings. The molecule has 0 atom stereocenters. The van der Waals surface area contributed by atoms with E-state index in [1.807, 2.05) is 0 Å². The summed E-state index contributed by atoms with van der Waals surface area (Å²) >= 11 is 0. The van der Waals surface area contributed by atoms with Crippen LogP contribution in [0, 0.1) is 0 Å². The number of carbonyl (C=O) groups is 3. The second-order valence-electron chi connectivity index (χ2n) is 12.4. The molecule has 0 bridgehead atoms. The van der Waals surface area contributed by atoms with Gasteiger partial charge in [0.1, 0.15) is 37.8 Å². The molecule has 8 N–H and O–H groups in total. The summed E-state index contributed by atoms with van der Waals surface area (Å²) in [7, 11) is -9.98. The predicted molar refractivity (Wildman–Crippen MR) is 203 cm³/mol. The number of aromatic hydroxyl groups is 3. The van der Waals surface area contributed by atoms with Crippen LogP contribution in [0.25, 0.3) is 32.7 Å². The molecule has 0 unspecified atom stereocenters. The Balaban J connectivity index is 1.18. The van der Waals surface area contributed by atoms with Crippen LogP contribution in [0.15, 0.2) is 89.0 Å². The summed E-state index contributed by atoms with van der Waals surface area (Å²) < 4.78 is 69.4. The Kier molecular flexibility index (Phi) is 11.5. The lowest BCUT2D eigenvalue weighted by Crippen LogP contribution is -2.43. The number of rotatable bonds is 14. The smallest absolute Gasteiger partial charge is 0.296 e. The number of nitrogens with zero attached hydrogens (tertiary/aromatic N) is 4. The number of amides is 3. The Morgan fingerprint density at radius 2 is 0.965 bits per heavy atom. The van der Waals surface area contributed by atoms with E-state index in [2.05, 4.69) is 30.9 Å². The van der Waals surface area contributed by atoms with Gasteiger partial charge in [-0.05, 0) is 48.5 Å². The molecule has 3 heterocycles. The minimum atomic E-state index is -4.99. The van der Waals surface area contributed by atoms with Gasteiger partial charge in [-0.2, -0.15) is 16.8 Å². The van der Waals surface area contributed by atoms with Gasteiger partial charge in [0, 0.05) is 74.0 Å². The van der Waals surface area contributed by atoms with Gasteiger partial charge in [0.15, 0.2) is 5.75 Å². The summed E-state index contributed by atoms with van der Waals surface area (Å²) in [5.41, 5.74) is -1.27. The standard InChI is InChI=1S/C36H33N7O12S2/c44-26-18-24(32(56(50,51)52)21-5-2-10-38-29(21)26)35(48)41-13-16-43(15-12-40-34(47)23-8-7-20-4-1-9-37-28(20)31(23)46)17-14-42-36(49)25-19-27(45)30-22(6-3-11-39-30)33(25)57(53,54)55/h1-11,18-19,44-46H,12-17H2,(H,40,47)(H,41,48)(H,42,49)(H,50,51,52)(H,53,54,55). The number of pyridine rings is 3. The molecule has 0 aliphatic carbocycles. The zero-order chi connectivity index (χ0) is 41.1. The maximum Gasteiger partial charge on any atom is 0.296 e. The average Bonchev–Trinajstić information content (AvgIpc) is 3.16. The number of hydrogen-bond acceptors (Lipinski definition) is 14. The molecule has 0 aliphatic rings. The first-order valence-electron chi connectivity index (χ1n) is 16.9. The van der Waals surface area contributed by atoms with E-state index in [0.29, 0.717) is 5.39 Å². The van der Waals surface area contributed by atoms with E-state index in [1.54, 1.807) is 23.1 Å². The number of hydrogen-bond donors (Lipinski definition) is 8. The van der Waals surface area contributed by atoms with E-state index in [1.165, 1.54) is 48.9 Å². The minimum Gasteiger partial charge on any atom is -0.506 e. The maximum absolute atomic E-state index is 13.3. The van der Waals surface area contributed by atoms with Gasteiger partial charge in [0.2, 0.25) is 0 Å². The first-order chi connectivity index (χ1) is 27.1. The minimum absolute atomic E-state index is 0.00363. The average molecular weight is 820 g/mol. The topological polar surface area (TPSA) is 299 Å². The van der Waals surface area contributed by atoms with Crippen LogP contribution in [0.4, 0.5) is 0 Å². The SMILES string of the molecule is O=C(NCCN(CCNC(=O)c1cc(O)c2ncccc2c1S(=O)(=O)O)CCNC(=O)c1ccc2cccnc2c1O)c1cc(O)c2ncccc2c1S(=O)(=O)O. The van der Waals surface area contributed by atoms with Crippen molar-refractivity contribution < 1.29 is 55.6 Å². The van der Waals surface area contributed by atoms with E-state index in [-0.39, 0.29) is 77.9 Å². The molecule has 19 nitrogen and oxygen atoms in total. The van der Waals surface area contributed by atoms with Gasteiger partial charge in [0.25, 0.3) is 38.0 Å². The number of aromatic nitrogens is 3. The fraction of sp³-hybridized carbons (Fsp3) is 0.167. The van der Waals surface area contributed by atoms with Crippen LogP contribution >= 0.6 is 0 Å². The van der Waals surface area contributed by atoms with Crippen LogP contribution in [-0.2, 0) is 20.2 Å². The normalized spacial score (nSPS) is 11.9. The zero-order valence-electron chi connectivity index (χ0n) is 29.4. The number of fused-ring (bicyclic) bond motifs is 3. The third kappa shape index (κ3) is 8.66. The summed E-state index contributed by atoms with van der Waals surface area (Å²) in [6.07, 6.45) is 4.03. The fourth-order valence-electron chi connectivity index (χ4n) is 6.23. The van der Waals surface area contributed by atoms with Crippen molar-refractivity contribution in [3.63, 3.8) is 0 Å². The van der Waals surface area contributed by atoms with Crippen molar-refractivity contribution in [2.45, 2.75) is 9.79 Å². The number of phenolic OH excluding ortho intramolecular Hbond substituents is 3. The monoisotopic (exact) mass is 819 g/mol. The molecule has 6 rings (SSSR count). The zero-order valence-corrected chi connectivity index (χ0v) is 31.1. The Hall–Kier alpha value is -6.52. The van der Waals surface area contributed by atoms with Gasteiger partial charge in [-0.15, -0.1) is 0 Å². The molecule has 6 aromatic rings. The van der Waals surface area contributed by atoms with Gasteiger partial charge >= 0.3 is 0 Å². The fourth-order valence-corrected chi connectivity index (χ4v) is 7.97. The Morgan fingerprint density at radius 1 is 0.561 bits per heavy atom. The van der Waals surface area contributed by atoms with Crippen LogP contribution in [0.3, 0.4) is 0 Å². The lowest BCUT2D eigenvalue weighted by atomic mass is 10.1. The van der Waals surface area contributed by atoms with Crippen molar-refractivity contribution in [1.82, 2.24) is 35.8 Å². The van der Waals surface area contributed by atoms with Crippen molar-refractivity contribution in [3.8, 4) is 17.2 Å². The number of phenols is 3. The quantitative estimate of drug-likeness (QED) is 0.0727. The van der Waals surface area contributed by atoms with Crippen molar-refractivity contribution >= 4 is 70.7 Å². The van der Waals surface area contributed by atoms with Crippen LogP contribution in [-0.4, -0.2) is 118 Å². The first kappa shape index (κ1) is 40.2. The summed E-state index contributed by atoms with van der Waals surface area (Å²) in [6.45, 7) is -0.299. The lowest BCUT2D eigenvalue weighted by Gasteiger charge is -2.23. The highest BCUT2D eigenvalue weighted by Gasteiger charge is 2.28. The molecule has 0 spiro atoms. The summed E-state index contributed by atoms with van der Waals surface area (Å²) in [5.74, 6) is -3.95. The van der Waals surface area contributed by atoms with Gasteiger partial charge in [-0.25, -0.2) is 0 Å². The molecule has 296 valence electrons. The predicted octanol–water partition coefficient (Wildman–Crippen LogP) is 1.83. The highest BCUT2D eigenvalue weighted by molar-refractivity contribution is 7.86. The Labute approximate surface area is 323 Å². The van der Waals surface area contributed by atoms with E-state index in [4.69, 9.17) is 0 Å². The van der Waals surface area contributed by atoms with Crippen LogP contribution in [0.1, 0.15) is 31.1 Å². The molecule has 3 aromatic carbocycles. The molecular formula is C36H33N7O12S2. The van der Waals surface area contributed by atoms with Crippen molar-refractivity contribution in [2.75, 3.05) is 39.3 Å². The second kappa shape index (κ2) is 16.3. The number of nitrogens with one attached hydrogen (secondary N) is 3. The molecule has 0 saturated carbocycles.